The van der Waals surface area contributed by atoms with Crippen LogP contribution in [0.15, 0.2) is 35.7 Å². The number of ether oxygens (including phenoxy) is 1. The van der Waals surface area contributed by atoms with E-state index in [0.29, 0.717) is 12.4 Å². The van der Waals surface area contributed by atoms with E-state index in [2.05, 4.69) is 5.10 Å². The smallest absolute Gasteiger partial charge is 0.316 e. The van der Waals surface area contributed by atoms with Crippen LogP contribution in [0.1, 0.15) is 6.92 Å². The summed E-state index contributed by atoms with van der Waals surface area (Å²) in [6.45, 7) is 2.21. The van der Waals surface area contributed by atoms with Crippen LogP contribution in [0.4, 0.5) is 0 Å². The summed E-state index contributed by atoms with van der Waals surface area (Å²) in [5.74, 6) is 0.0806. The predicted molar refractivity (Wildman–Crippen MR) is 59.6 cm³/mol. The number of rotatable bonds is 5. The van der Waals surface area contributed by atoms with Crippen molar-refractivity contribution in [1.82, 2.24) is 0 Å². The summed E-state index contributed by atoms with van der Waals surface area (Å²) in [6, 6.07) is 5.68. The minimum Gasteiger partial charge on any atom is -1.00 e. The maximum Gasteiger partial charge on any atom is 0.316 e. The van der Waals surface area contributed by atoms with Gasteiger partial charge in [-0.3, -0.25) is 4.79 Å². The van der Waals surface area contributed by atoms with Crippen LogP contribution in [0.25, 0.3) is 0 Å². The maximum absolute atomic E-state index is 10.9. The van der Waals surface area contributed by atoms with Gasteiger partial charge in [0.05, 0.1) is 12.4 Å². The Hall–Kier alpha value is -0.630. The molecule has 16 heavy (non-hydrogen) atoms. The summed E-state index contributed by atoms with van der Waals surface area (Å²) in [5.41, 5.74) is 1.62. The summed E-state index contributed by atoms with van der Waals surface area (Å²) in [7, 11) is 0. The Kier molecular flexibility index (Phi) is 9.21. The van der Waals surface area contributed by atoms with Crippen LogP contribution < -0.4 is 28.7 Å². The SMILES string of the molecule is CCOC(=O)CS/C=N/[n+]1ccccc1.[I-]. The zero-order valence-corrected chi connectivity index (χ0v) is 11.8. The van der Waals surface area contributed by atoms with Crippen LogP contribution in [0.2, 0.25) is 0 Å². The third kappa shape index (κ3) is 6.78. The van der Waals surface area contributed by atoms with Crippen molar-refractivity contribution in [3.8, 4) is 0 Å². The number of carbonyl (C=O) groups is 1. The molecule has 0 aliphatic carbocycles. The van der Waals surface area contributed by atoms with E-state index in [1.807, 2.05) is 30.6 Å². The molecular formula is C10H13IN2O2S. The van der Waals surface area contributed by atoms with Gasteiger partial charge in [0.2, 0.25) is 12.4 Å². The van der Waals surface area contributed by atoms with Crippen LogP contribution >= 0.6 is 11.8 Å². The topological polar surface area (TPSA) is 42.5 Å². The first kappa shape index (κ1) is 15.4. The summed E-state index contributed by atoms with van der Waals surface area (Å²) in [6.07, 6.45) is 3.64. The van der Waals surface area contributed by atoms with Crippen molar-refractivity contribution >= 4 is 23.3 Å². The number of halogens is 1. The van der Waals surface area contributed by atoms with Gasteiger partial charge in [-0.05, 0) is 6.92 Å². The van der Waals surface area contributed by atoms with E-state index in [-0.39, 0.29) is 29.9 Å². The van der Waals surface area contributed by atoms with Gasteiger partial charge in [0.25, 0.3) is 0 Å². The van der Waals surface area contributed by atoms with E-state index in [9.17, 15) is 4.79 Å². The zero-order chi connectivity index (χ0) is 10.9. The lowest BCUT2D eigenvalue weighted by Crippen LogP contribution is -3.00. The lowest BCUT2D eigenvalue weighted by Gasteiger charge is -1.96. The highest BCUT2D eigenvalue weighted by molar-refractivity contribution is 8.12. The van der Waals surface area contributed by atoms with E-state index < -0.39 is 0 Å². The van der Waals surface area contributed by atoms with Crippen molar-refractivity contribution in [3.63, 3.8) is 0 Å². The predicted octanol–water partition coefficient (Wildman–Crippen LogP) is -1.93. The monoisotopic (exact) mass is 352 g/mol. The van der Waals surface area contributed by atoms with Crippen molar-refractivity contribution in [2.75, 3.05) is 12.4 Å². The summed E-state index contributed by atoms with van der Waals surface area (Å²) >= 11 is 1.31. The number of carbonyl (C=O) groups excluding carboxylic acids is 1. The second-order valence-corrected chi connectivity index (χ2v) is 3.43. The van der Waals surface area contributed by atoms with E-state index in [1.165, 1.54) is 11.8 Å². The van der Waals surface area contributed by atoms with Gasteiger partial charge in [-0.15, -0.1) is 0 Å². The van der Waals surface area contributed by atoms with Crippen LogP contribution in [0.5, 0.6) is 0 Å². The fraction of sp³-hybridized carbons (Fsp3) is 0.300. The van der Waals surface area contributed by atoms with Crippen LogP contribution in [0, 0.1) is 0 Å². The van der Waals surface area contributed by atoms with Gasteiger partial charge < -0.3 is 28.7 Å². The third-order valence-electron chi connectivity index (χ3n) is 1.46. The molecule has 1 heterocycles. The largest absolute Gasteiger partial charge is 1.00 e. The number of esters is 1. The molecule has 0 atom stereocenters. The highest BCUT2D eigenvalue weighted by Crippen LogP contribution is 1.95. The number of aromatic nitrogens is 1. The van der Waals surface area contributed by atoms with E-state index in [0.717, 1.165) is 0 Å². The van der Waals surface area contributed by atoms with Gasteiger partial charge in [0, 0.05) is 17.2 Å². The highest BCUT2D eigenvalue weighted by Gasteiger charge is 1.99. The molecule has 0 saturated heterocycles. The molecule has 88 valence electrons. The van der Waals surface area contributed by atoms with Gasteiger partial charge in [-0.25, -0.2) is 0 Å². The third-order valence-corrected chi connectivity index (χ3v) is 2.11. The Bertz CT molecular complexity index is 333. The van der Waals surface area contributed by atoms with E-state index in [4.69, 9.17) is 4.74 Å². The quantitative estimate of drug-likeness (QED) is 0.204. The van der Waals surface area contributed by atoms with E-state index in [1.54, 1.807) is 17.1 Å². The number of thioether (sulfide) groups is 1. The molecule has 0 amide bonds. The van der Waals surface area contributed by atoms with Gasteiger partial charge in [-0.2, -0.15) is 0 Å². The Labute approximate surface area is 116 Å². The van der Waals surface area contributed by atoms with Crippen LogP contribution in [-0.2, 0) is 9.53 Å². The second-order valence-electron chi connectivity index (χ2n) is 2.59. The van der Waals surface area contributed by atoms with Crippen molar-refractivity contribution < 1.29 is 38.2 Å². The maximum atomic E-state index is 10.9. The molecule has 0 radical (unpaired) electrons. The molecule has 4 nitrogen and oxygen atoms in total. The molecule has 0 aliphatic rings. The van der Waals surface area contributed by atoms with Crippen molar-refractivity contribution in [2.24, 2.45) is 5.10 Å². The minimum absolute atomic E-state index is 0. The van der Waals surface area contributed by atoms with Crippen molar-refractivity contribution in [1.29, 1.82) is 0 Å². The first-order valence-corrected chi connectivity index (χ1v) is 5.64. The molecular weight excluding hydrogens is 339 g/mol. The average Bonchev–Trinajstić information content (AvgIpc) is 2.26. The first-order valence-electron chi connectivity index (χ1n) is 4.59. The van der Waals surface area contributed by atoms with Crippen molar-refractivity contribution in [3.05, 3.63) is 30.6 Å². The summed E-state index contributed by atoms with van der Waals surface area (Å²) < 4.78 is 6.43. The number of pyridine rings is 1. The molecule has 0 unspecified atom stereocenters. The summed E-state index contributed by atoms with van der Waals surface area (Å²) in [4.78, 5) is 10.9. The fourth-order valence-corrected chi connectivity index (χ4v) is 1.33. The number of nitrogens with zero attached hydrogens (tertiary/aromatic N) is 2. The molecule has 0 aromatic carbocycles. The lowest BCUT2D eigenvalue weighted by molar-refractivity contribution is -0.678. The fourth-order valence-electron chi connectivity index (χ4n) is 0.862. The van der Waals surface area contributed by atoms with Crippen LogP contribution in [-0.4, -0.2) is 23.9 Å². The molecule has 0 bridgehead atoms. The molecule has 0 aliphatic heterocycles. The first-order chi connectivity index (χ1) is 7.33. The Balaban J connectivity index is 0.00000225. The molecule has 0 spiro atoms. The molecule has 0 N–H and O–H groups in total. The van der Waals surface area contributed by atoms with Gasteiger partial charge >= 0.3 is 5.97 Å². The van der Waals surface area contributed by atoms with Crippen molar-refractivity contribution in [2.45, 2.75) is 6.92 Å². The Morgan fingerprint density at radius 2 is 2.12 bits per heavy atom. The molecule has 6 heteroatoms. The molecule has 1 rings (SSSR count). The van der Waals surface area contributed by atoms with E-state index >= 15 is 0 Å². The molecule has 0 saturated carbocycles. The van der Waals surface area contributed by atoms with Gasteiger partial charge in [-0.1, -0.05) is 22.5 Å². The molecule has 0 fully saturated rings. The second kappa shape index (κ2) is 9.59. The summed E-state index contributed by atoms with van der Waals surface area (Å²) in [5, 5.41) is 4.09. The normalized spacial score (nSPS) is 9.81. The Morgan fingerprint density at radius 1 is 1.44 bits per heavy atom. The standard InChI is InChI=1S/C10H13N2O2S.HI/c1-2-14-10(13)8-15-9-11-12-6-4-3-5-7-12;/h3-7,9H,2,8H2,1H3;1H/q+1;/p-1/b11-9+;. The molecule has 1 aromatic heterocycles. The zero-order valence-electron chi connectivity index (χ0n) is 8.88. The highest BCUT2D eigenvalue weighted by atomic mass is 127. The number of hydrogen-bond acceptors (Lipinski definition) is 4. The average molecular weight is 352 g/mol. The van der Waals surface area contributed by atoms with Gasteiger partial charge in [0.15, 0.2) is 0 Å². The minimum atomic E-state index is -0.216. The van der Waals surface area contributed by atoms with Crippen LogP contribution in [0.3, 0.4) is 0 Å². The molecule has 1 aromatic rings. The Morgan fingerprint density at radius 3 is 2.75 bits per heavy atom. The lowest BCUT2D eigenvalue weighted by atomic mass is 10.5. The van der Waals surface area contributed by atoms with Gasteiger partial charge in [0.1, 0.15) is 5.55 Å². The number of hydrogen-bond donors (Lipinski definition) is 0.